The molecule has 0 bridgehead atoms. The van der Waals surface area contributed by atoms with Gasteiger partial charge in [0.25, 0.3) is 5.91 Å². The number of fused-ring (bicyclic) bond motifs is 2. The molecule has 3 aromatic rings. The fourth-order valence-corrected chi connectivity index (χ4v) is 4.49. The lowest BCUT2D eigenvalue weighted by molar-refractivity contribution is -0.140. The number of ketones is 1. The quantitative estimate of drug-likeness (QED) is 0.556. The van der Waals surface area contributed by atoms with E-state index in [0.29, 0.717) is 29.3 Å². The Morgan fingerprint density at radius 1 is 1.06 bits per heavy atom. The molecule has 6 heteroatoms. The number of hydrogen-bond donors (Lipinski definition) is 1. The number of para-hydroxylation sites is 1. The molecule has 0 saturated heterocycles. The maximum Gasteiger partial charge on any atom is 0.264 e. The highest BCUT2D eigenvalue weighted by atomic mass is 16.7. The fraction of sp³-hybridized carbons (Fsp3) is 0.214. The Balaban J connectivity index is 1.39. The summed E-state index contributed by atoms with van der Waals surface area (Å²) in [5, 5.41) is 11.5. The molecule has 0 aliphatic carbocycles. The average Bonchev–Trinajstić information content (AvgIpc) is 3.37. The minimum Gasteiger partial charge on any atom is -0.454 e. The molecule has 1 N–H and O–H groups in total. The number of hydrogen-bond acceptors (Lipinski definition) is 5. The van der Waals surface area contributed by atoms with Crippen molar-refractivity contribution in [1.82, 2.24) is 0 Å². The lowest BCUT2D eigenvalue weighted by Crippen LogP contribution is -2.41. The summed E-state index contributed by atoms with van der Waals surface area (Å²) in [6, 6.07) is 18.6. The van der Waals surface area contributed by atoms with Crippen LogP contribution in [-0.2, 0) is 21.7 Å². The SMILES string of the molecule is Cc1ccc(C)c(CN2C(=O)C(O)(CC(=O)/C=C/c3ccc4c(c3)OCO4)c3ccccc32)c1. The van der Waals surface area contributed by atoms with Crippen LogP contribution < -0.4 is 14.4 Å². The highest BCUT2D eigenvalue weighted by Gasteiger charge is 2.50. The maximum absolute atomic E-state index is 13.5. The zero-order valence-corrected chi connectivity index (χ0v) is 19.1. The van der Waals surface area contributed by atoms with E-state index in [1.54, 1.807) is 35.2 Å². The van der Waals surface area contributed by atoms with Crippen molar-refractivity contribution in [2.45, 2.75) is 32.4 Å². The number of aliphatic hydroxyl groups is 1. The van der Waals surface area contributed by atoms with Crippen LogP contribution in [0.4, 0.5) is 5.69 Å². The maximum atomic E-state index is 13.5. The minimum absolute atomic E-state index is 0.175. The van der Waals surface area contributed by atoms with Crippen molar-refractivity contribution in [3.8, 4) is 11.5 Å². The number of nitrogens with zero attached hydrogens (tertiary/aromatic N) is 1. The summed E-state index contributed by atoms with van der Waals surface area (Å²) in [6.45, 7) is 4.50. The number of carbonyl (C=O) groups is 2. The third-order valence-electron chi connectivity index (χ3n) is 6.36. The molecular weight excluding hydrogens is 430 g/mol. The van der Waals surface area contributed by atoms with Gasteiger partial charge in [-0.1, -0.05) is 54.1 Å². The van der Waals surface area contributed by atoms with Gasteiger partial charge in [-0.25, -0.2) is 0 Å². The summed E-state index contributed by atoms with van der Waals surface area (Å²) in [5.41, 5.74) is 3.10. The van der Waals surface area contributed by atoms with Crippen LogP contribution in [0.3, 0.4) is 0 Å². The van der Waals surface area contributed by atoms with Crippen LogP contribution in [-0.4, -0.2) is 23.6 Å². The summed E-state index contributed by atoms with van der Waals surface area (Å²) in [6.07, 6.45) is 2.69. The van der Waals surface area contributed by atoms with Crippen molar-refractivity contribution in [1.29, 1.82) is 0 Å². The van der Waals surface area contributed by atoms with E-state index >= 15 is 0 Å². The molecule has 0 saturated carbocycles. The number of rotatable bonds is 6. The molecule has 172 valence electrons. The molecule has 0 fully saturated rings. The van der Waals surface area contributed by atoms with E-state index in [-0.39, 0.29) is 19.0 Å². The number of benzene rings is 3. The lowest BCUT2D eigenvalue weighted by atomic mass is 9.89. The van der Waals surface area contributed by atoms with Gasteiger partial charge in [0.15, 0.2) is 22.9 Å². The van der Waals surface area contributed by atoms with E-state index in [4.69, 9.17) is 9.47 Å². The van der Waals surface area contributed by atoms with Crippen molar-refractivity contribution in [2.75, 3.05) is 11.7 Å². The number of anilines is 1. The molecule has 0 radical (unpaired) electrons. The van der Waals surface area contributed by atoms with Crippen LogP contribution in [0.25, 0.3) is 6.08 Å². The minimum atomic E-state index is -1.91. The van der Waals surface area contributed by atoms with Crippen LogP contribution in [0.15, 0.2) is 66.7 Å². The molecule has 6 nitrogen and oxygen atoms in total. The van der Waals surface area contributed by atoms with Crippen LogP contribution in [0, 0.1) is 13.8 Å². The van der Waals surface area contributed by atoms with Crippen molar-refractivity contribution in [3.05, 3.63) is 94.6 Å². The molecule has 2 aliphatic heterocycles. The lowest BCUT2D eigenvalue weighted by Gasteiger charge is -2.23. The number of allylic oxidation sites excluding steroid dienone is 1. The van der Waals surface area contributed by atoms with Crippen molar-refractivity contribution in [2.24, 2.45) is 0 Å². The Bertz CT molecular complexity index is 1330. The average molecular weight is 456 g/mol. The molecule has 5 rings (SSSR count). The number of ether oxygens (including phenoxy) is 2. The Hall–Kier alpha value is -3.90. The molecule has 0 spiro atoms. The first kappa shape index (κ1) is 21.9. The molecule has 0 aromatic heterocycles. The van der Waals surface area contributed by atoms with E-state index in [1.165, 1.54) is 6.08 Å². The fourth-order valence-electron chi connectivity index (χ4n) is 4.49. The topological polar surface area (TPSA) is 76.1 Å². The molecule has 2 aliphatic rings. The number of aryl methyl sites for hydroxylation is 2. The normalized spacial score (nSPS) is 18.6. The third-order valence-corrected chi connectivity index (χ3v) is 6.36. The zero-order valence-electron chi connectivity index (χ0n) is 19.1. The highest BCUT2D eigenvalue weighted by molar-refractivity contribution is 6.10. The van der Waals surface area contributed by atoms with Crippen LogP contribution >= 0.6 is 0 Å². The van der Waals surface area contributed by atoms with E-state index in [9.17, 15) is 14.7 Å². The predicted octanol–water partition coefficient (Wildman–Crippen LogP) is 4.44. The first-order valence-corrected chi connectivity index (χ1v) is 11.2. The van der Waals surface area contributed by atoms with E-state index in [2.05, 4.69) is 0 Å². The Labute approximate surface area is 198 Å². The van der Waals surface area contributed by atoms with Gasteiger partial charge in [-0.15, -0.1) is 0 Å². The number of amides is 1. The van der Waals surface area contributed by atoms with Crippen LogP contribution in [0.2, 0.25) is 0 Å². The van der Waals surface area contributed by atoms with Gasteiger partial charge in [0.2, 0.25) is 6.79 Å². The molecule has 2 heterocycles. The van der Waals surface area contributed by atoms with Crippen LogP contribution in [0.5, 0.6) is 11.5 Å². The molecule has 1 atom stereocenters. The van der Waals surface area contributed by atoms with Gasteiger partial charge in [-0.05, 0) is 54.8 Å². The second-order valence-electron chi connectivity index (χ2n) is 8.79. The predicted molar refractivity (Wildman–Crippen MR) is 129 cm³/mol. The second-order valence-corrected chi connectivity index (χ2v) is 8.79. The smallest absolute Gasteiger partial charge is 0.264 e. The van der Waals surface area contributed by atoms with E-state index < -0.39 is 11.5 Å². The van der Waals surface area contributed by atoms with Crippen molar-refractivity contribution < 1.29 is 24.2 Å². The van der Waals surface area contributed by atoms with Gasteiger partial charge in [-0.3, -0.25) is 9.59 Å². The van der Waals surface area contributed by atoms with Crippen molar-refractivity contribution >= 4 is 23.5 Å². The Morgan fingerprint density at radius 2 is 1.85 bits per heavy atom. The largest absolute Gasteiger partial charge is 0.454 e. The second kappa shape index (κ2) is 8.47. The summed E-state index contributed by atoms with van der Waals surface area (Å²) < 4.78 is 10.7. The monoisotopic (exact) mass is 455 g/mol. The third kappa shape index (κ3) is 3.86. The van der Waals surface area contributed by atoms with E-state index in [1.807, 2.05) is 50.2 Å². The van der Waals surface area contributed by atoms with Gasteiger partial charge < -0.3 is 19.5 Å². The van der Waals surface area contributed by atoms with Crippen LogP contribution in [0.1, 0.15) is 34.2 Å². The summed E-state index contributed by atoms with van der Waals surface area (Å²) in [5.74, 6) is 0.446. The highest BCUT2D eigenvalue weighted by Crippen LogP contribution is 2.43. The first-order chi connectivity index (χ1) is 16.3. The van der Waals surface area contributed by atoms with E-state index in [0.717, 1.165) is 22.3 Å². The first-order valence-electron chi connectivity index (χ1n) is 11.2. The zero-order chi connectivity index (χ0) is 23.9. The summed E-state index contributed by atoms with van der Waals surface area (Å²) in [7, 11) is 0. The van der Waals surface area contributed by atoms with Gasteiger partial charge in [0, 0.05) is 5.56 Å². The molecular formula is C28H25NO5. The van der Waals surface area contributed by atoms with Gasteiger partial charge >= 0.3 is 0 Å². The Kier molecular flexibility index (Phi) is 5.46. The molecule has 1 amide bonds. The number of carbonyl (C=O) groups excluding carboxylic acids is 2. The Morgan fingerprint density at radius 3 is 2.71 bits per heavy atom. The standard InChI is InChI=1S/C28H25NO5/c1-18-7-8-19(2)21(13-18)16-29-24-6-4-3-5-23(24)28(32,27(29)31)15-22(30)11-9-20-10-12-25-26(14-20)34-17-33-25/h3-14,32H,15-17H2,1-2H3/b11-9+. The summed E-state index contributed by atoms with van der Waals surface area (Å²) in [4.78, 5) is 27.9. The van der Waals surface area contributed by atoms with Crippen molar-refractivity contribution in [3.63, 3.8) is 0 Å². The van der Waals surface area contributed by atoms with Gasteiger partial charge in [-0.2, -0.15) is 0 Å². The van der Waals surface area contributed by atoms with Gasteiger partial charge in [0.1, 0.15) is 0 Å². The summed E-state index contributed by atoms with van der Waals surface area (Å²) >= 11 is 0. The molecule has 1 unspecified atom stereocenters. The molecule has 34 heavy (non-hydrogen) atoms. The molecule has 3 aromatic carbocycles. The van der Waals surface area contributed by atoms with Gasteiger partial charge in [0.05, 0.1) is 18.7 Å².